The summed E-state index contributed by atoms with van der Waals surface area (Å²) >= 11 is 0. The molecule has 0 radical (unpaired) electrons. The average molecular weight is 355 g/mol. The van der Waals surface area contributed by atoms with Crippen LogP contribution in [-0.2, 0) is 15.2 Å². The van der Waals surface area contributed by atoms with E-state index in [0.29, 0.717) is 0 Å². The van der Waals surface area contributed by atoms with Crippen molar-refractivity contribution in [1.29, 1.82) is 0 Å². The predicted octanol–water partition coefficient (Wildman–Crippen LogP) is -8.11. The Bertz CT molecular complexity index is 205. The fraction of sp³-hybridized carbons (Fsp3) is 0.667. The molecule has 1 unspecified atom stereocenters. The number of aliphatic hydroxyl groups is 1. The summed E-state index contributed by atoms with van der Waals surface area (Å²) in [5.74, 6) is -1.44. The van der Waals surface area contributed by atoms with Crippen molar-refractivity contribution in [2.75, 3.05) is 0 Å². The molecule has 0 aliphatic heterocycles. The van der Waals surface area contributed by atoms with Crippen LogP contribution in [0.1, 0.15) is 6.92 Å². The number of carbonyl (C=O) groups is 1. The van der Waals surface area contributed by atoms with Crippen LogP contribution in [-0.4, -0.2) is 138 Å². The molecular formula is C3H15Ca2O12S+. The summed E-state index contributed by atoms with van der Waals surface area (Å²) < 4.78 is 34.1. The molecule has 0 heterocycles. The maximum atomic E-state index is 9.34. The second-order valence-corrected chi connectivity index (χ2v) is 2.22. The van der Waals surface area contributed by atoms with Crippen molar-refractivity contribution in [3.63, 3.8) is 0 Å². The zero-order valence-electron chi connectivity index (χ0n) is 9.30. The summed E-state index contributed by atoms with van der Waals surface area (Å²) in [7, 11) is -5.17. The van der Waals surface area contributed by atoms with Crippen molar-refractivity contribution in [3.05, 3.63) is 0 Å². The van der Waals surface area contributed by atoms with Crippen molar-refractivity contribution in [2.45, 2.75) is 13.0 Å². The summed E-state index contributed by atoms with van der Waals surface area (Å²) in [4.78, 5) is 9.34. The van der Waals surface area contributed by atoms with Gasteiger partial charge in [0.05, 0.1) is 12.1 Å². The fourth-order valence-corrected chi connectivity index (χ4v) is 0. The third-order valence-electron chi connectivity index (χ3n) is 0.341. The first-order valence-corrected chi connectivity index (χ1v) is 3.53. The summed E-state index contributed by atoms with van der Waals surface area (Å²) in [5, 5.41) is 17.3. The SMILES string of the molecule is CC(O)C(=O)[O-].O.O.O.O.O.O=S(=O)([O-])[O-].[Ca+2].[Ca+2]. The third-order valence-corrected chi connectivity index (χ3v) is 0.341. The Morgan fingerprint density at radius 3 is 1.06 bits per heavy atom. The summed E-state index contributed by atoms with van der Waals surface area (Å²) in [5.41, 5.74) is 0. The molecule has 0 rings (SSSR count). The van der Waals surface area contributed by atoms with Gasteiger partial charge in [-0.25, -0.2) is 0 Å². The van der Waals surface area contributed by atoms with Gasteiger partial charge in [0.25, 0.3) is 0 Å². The van der Waals surface area contributed by atoms with Crippen LogP contribution >= 0.6 is 0 Å². The molecule has 0 aromatic rings. The topological polar surface area (TPSA) is 298 Å². The zero-order valence-corrected chi connectivity index (χ0v) is 14.5. The van der Waals surface area contributed by atoms with E-state index in [1.54, 1.807) is 0 Å². The van der Waals surface area contributed by atoms with E-state index in [9.17, 15) is 9.90 Å². The molecule has 108 valence electrons. The average Bonchev–Trinajstić information content (AvgIpc) is 1.59. The van der Waals surface area contributed by atoms with E-state index in [1.165, 1.54) is 0 Å². The molecular weight excluding hydrogens is 340 g/mol. The molecule has 1 atom stereocenters. The quantitative estimate of drug-likeness (QED) is 0.268. The van der Waals surface area contributed by atoms with Gasteiger partial charge in [0.1, 0.15) is 0 Å². The first kappa shape index (κ1) is 60.3. The van der Waals surface area contributed by atoms with Crippen molar-refractivity contribution >= 4 is 91.8 Å². The van der Waals surface area contributed by atoms with Crippen LogP contribution in [0.2, 0.25) is 0 Å². The van der Waals surface area contributed by atoms with E-state index < -0.39 is 22.5 Å². The van der Waals surface area contributed by atoms with Gasteiger partial charge in [-0.15, -0.1) is 0 Å². The fourth-order valence-electron chi connectivity index (χ4n) is 0. The number of aliphatic carboxylic acids is 1. The molecule has 11 N–H and O–H groups in total. The molecule has 0 aliphatic rings. The third kappa shape index (κ3) is 154. The largest absolute Gasteiger partial charge is 2.00 e. The van der Waals surface area contributed by atoms with Gasteiger partial charge in [-0.2, -0.15) is 0 Å². The molecule has 0 aromatic carbocycles. The minimum atomic E-state index is -5.17. The summed E-state index contributed by atoms with van der Waals surface area (Å²) in [6, 6.07) is 0. The molecule has 0 spiro atoms. The molecule has 0 aromatic heterocycles. The maximum absolute atomic E-state index is 9.34. The molecule has 0 aliphatic carbocycles. The molecule has 15 heteroatoms. The molecule has 12 nitrogen and oxygen atoms in total. The first-order chi connectivity index (χ1) is 4.64. The Labute approximate surface area is 162 Å². The van der Waals surface area contributed by atoms with Gasteiger partial charge in [0, 0.05) is 10.4 Å². The van der Waals surface area contributed by atoms with E-state index in [2.05, 4.69) is 0 Å². The van der Waals surface area contributed by atoms with E-state index in [4.69, 9.17) is 22.6 Å². The maximum Gasteiger partial charge on any atom is 2.00 e. The number of carboxylic acid groups (broad SMARTS) is 1. The van der Waals surface area contributed by atoms with Crippen molar-refractivity contribution in [3.8, 4) is 0 Å². The Hall–Kier alpha value is 1.62. The van der Waals surface area contributed by atoms with Gasteiger partial charge in [0.2, 0.25) is 0 Å². The monoisotopic (exact) mass is 355 g/mol. The van der Waals surface area contributed by atoms with Crippen LogP contribution in [0.5, 0.6) is 0 Å². The Morgan fingerprint density at radius 2 is 1.06 bits per heavy atom. The second-order valence-electron chi connectivity index (χ2n) is 1.40. The number of hydrogen-bond donors (Lipinski definition) is 1. The number of hydrogen-bond acceptors (Lipinski definition) is 7. The number of carbonyl (C=O) groups excluding carboxylic acids is 1. The van der Waals surface area contributed by atoms with Crippen molar-refractivity contribution in [2.24, 2.45) is 0 Å². The number of carboxylic acids is 1. The minimum absolute atomic E-state index is 0. The predicted molar refractivity (Wildman–Crippen MR) is 56.7 cm³/mol. The Kier molecular flexibility index (Phi) is 104. The smallest absolute Gasteiger partial charge is 0.759 e. The van der Waals surface area contributed by atoms with Crippen molar-refractivity contribution < 1.29 is 59.9 Å². The molecule has 0 bridgehead atoms. The van der Waals surface area contributed by atoms with Crippen LogP contribution in [0, 0.1) is 0 Å². The van der Waals surface area contributed by atoms with Crippen LogP contribution in [0.25, 0.3) is 0 Å². The van der Waals surface area contributed by atoms with Crippen LogP contribution in [0.15, 0.2) is 0 Å². The number of rotatable bonds is 1. The van der Waals surface area contributed by atoms with Gasteiger partial charge in [0.15, 0.2) is 0 Å². The summed E-state index contributed by atoms with van der Waals surface area (Å²) in [6.45, 7) is 1.13. The van der Waals surface area contributed by atoms with Gasteiger partial charge in [-0.05, 0) is 6.92 Å². The Balaban J connectivity index is -0.00000000931. The molecule has 18 heavy (non-hydrogen) atoms. The molecule has 0 amide bonds. The standard InChI is InChI=1S/C3H6O3.2Ca.H2O4S.5H2O/c1-2(4)3(5)6;;;1-5(2,3)4;;;;;/h2,4H,1H3,(H,5,6);;;(H2,1,2,3,4);5*1H2/q;2*+2;;;;;;/p-3. The van der Waals surface area contributed by atoms with Gasteiger partial charge in [-0.1, -0.05) is 0 Å². The van der Waals surface area contributed by atoms with Gasteiger partial charge < -0.3 is 51.5 Å². The number of aliphatic hydroxyl groups excluding tert-OH is 1. The first-order valence-electron chi connectivity index (χ1n) is 2.20. The van der Waals surface area contributed by atoms with E-state index >= 15 is 0 Å². The molecule has 0 fully saturated rings. The van der Waals surface area contributed by atoms with Gasteiger partial charge in [-0.3, -0.25) is 8.42 Å². The zero-order chi connectivity index (χ0) is 9.65. The normalized spacial score (nSPS) is 7.78. The second kappa shape index (κ2) is 31.2. The van der Waals surface area contributed by atoms with Crippen molar-refractivity contribution in [1.82, 2.24) is 0 Å². The van der Waals surface area contributed by atoms with Crippen LogP contribution in [0.3, 0.4) is 0 Å². The molecule has 0 saturated heterocycles. The van der Waals surface area contributed by atoms with Crippen LogP contribution in [0.4, 0.5) is 0 Å². The van der Waals surface area contributed by atoms with Gasteiger partial charge >= 0.3 is 75.5 Å². The van der Waals surface area contributed by atoms with E-state index in [0.717, 1.165) is 6.92 Å². The molecule has 0 saturated carbocycles. The Morgan fingerprint density at radius 1 is 1.00 bits per heavy atom. The van der Waals surface area contributed by atoms with Crippen LogP contribution < -0.4 is 5.11 Å². The summed E-state index contributed by atoms with van der Waals surface area (Å²) in [6.07, 6.45) is -1.34. The van der Waals surface area contributed by atoms with E-state index in [-0.39, 0.29) is 103 Å². The minimum Gasteiger partial charge on any atom is -0.759 e. The van der Waals surface area contributed by atoms with E-state index in [1.807, 2.05) is 0 Å².